The second kappa shape index (κ2) is 5.21. The maximum atomic E-state index is 13.2. The van der Waals surface area contributed by atoms with Crippen LogP contribution in [-0.4, -0.2) is 0 Å². The van der Waals surface area contributed by atoms with E-state index in [9.17, 15) is 4.39 Å². The summed E-state index contributed by atoms with van der Waals surface area (Å²) in [6, 6.07) is 13.2. The van der Waals surface area contributed by atoms with E-state index in [-0.39, 0.29) is 29.9 Å². The largest absolute Gasteiger partial charge is 1.00 e. The number of aromatic nitrogens is 1. The summed E-state index contributed by atoms with van der Waals surface area (Å²) in [7, 11) is 1.68. The molecule has 0 unspecified atom stereocenters. The van der Waals surface area contributed by atoms with Crippen LogP contribution in [0.1, 0.15) is 0 Å². The summed E-state index contributed by atoms with van der Waals surface area (Å²) >= 11 is 0. The van der Waals surface area contributed by atoms with Gasteiger partial charge in [0.25, 0.3) is 0 Å². The third-order valence-electron chi connectivity index (χ3n) is 2.20. The fourth-order valence-corrected chi connectivity index (χ4v) is 1.35. The van der Waals surface area contributed by atoms with Gasteiger partial charge in [0.05, 0.1) is 0 Å². The first-order valence-electron chi connectivity index (χ1n) is 4.48. The Bertz CT molecular complexity index is 443. The first-order chi connectivity index (χ1) is 6.77. The molecule has 0 aliphatic heterocycles. The zero-order chi connectivity index (χ0) is 9.97. The van der Waals surface area contributed by atoms with Crippen molar-refractivity contribution in [3.63, 3.8) is 0 Å². The van der Waals surface area contributed by atoms with Crippen LogP contribution < -0.4 is 28.5 Å². The first-order valence-corrected chi connectivity index (χ1v) is 4.48. The molecular weight excluding hydrogens is 304 g/mol. The van der Waals surface area contributed by atoms with E-state index in [1.54, 1.807) is 13.2 Å². The lowest BCUT2D eigenvalue weighted by molar-refractivity contribution is -0.700. The van der Waals surface area contributed by atoms with Crippen LogP contribution in [0.4, 0.5) is 4.39 Å². The van der Waals surface area contributed by atoms with E-state index in [0.717, 1.165) is 11.1 Å². The highest BCUT2D eigenvalue weighted by atomic mass is 127. The van der Waals surface area contributed by atoms with Gasteiger partial charge in [-0.05, 0) is 11.1 Å². The third-order valence-corrected chi connectivity index (χ3v) is 2.20. The summed E-state index contributed by atoms with van der Waals surface area (Å²) in [5.74, 6) is -0.230. The second-order valence-corrected chi connectivity index (χ2v) is 3.22. The topological polar surface area (TPSA) is 3.88 Å². The average Bonchev–Trinajstić information content (AvgIpc) is 2.23. The van der Waals surface area contributed by atoms with Crippen molar-refractivity contribution in [3.05, 3.63) is 54.6 Å². The number of nitrogens with zero attached hydrogens (tertiary/aromatic N) is 1. The normalized spacial score (nSPS) is 9.47. The molecule has 0 aliphatic carbocycles. The Morgan fingerprint density at radius 2 is 1.67 bits per heavy atom. The van der Waals surface area contributed by atoms with Crippen molar-refractivity contribution >= 4 is 0 Å². The Kier molecular flexibility index (Phi) is 4.20. The predicted molar refractivity (Wildman–Crippen MR) is 53.0 cm³/mol. The van der Waals surface area contributed by atoms with Crippen molar-refractivity contribution < 1.29 is 32.9 Å². The average molecular weight is 315 g/mol. The Labute approximate surface area is 106 Å². The zero-order valence-corrected chi connectivity index (χ0v) is 10.5. The van der Waals surface area contributed by atoms with Crippen molar-refractivity contribution in [1.29, 1.82) is 0 Å². The van der Waals surface area contributed by atoms with E-state index in [2.05, 4.69) is 0 Å². The van der Waals surface area contributed by atoms with Gasteiger partial charge in [0.15, 0.2) is 6.20 Å². The lowest BCUT2D eigenvalue weighted by atomic mass is 10.1. The number of rotatable bonds is 1. The number of aryl methyl sites for hydroxylation is 1. The first kappa shape index (κ1) is 12.1. The molecule has 1 heterocycles. The number of hydrogen-bond donors (Lipinski definition) is 0. The quantitative estimate of drug-likeness (QED) is 0.373. The van der Waals surface area contributed by atoms with Crippen LogP contribution in [0.2, 0.25) is 0 Å². The maximum absolute atomic E-state index is 13.2. The standard InChI is InChI=1S/C12H11FN.HI/c1-14-8-7-11(9-12(14)13)10-5-3-2-4-6-10;/h2-9H,1H3;1H/q+1;/p-1. The highest BCUT2D eigenvalue weighted by Gasteiger charge is 2.06. The molecule has 0 saturated carbocycles. The van der Waals surface area contributed by atoms with Gasteiger partial charge in [0.2, 0.25) is 0 Å². The molecule has 78 valence electrons. The van der Waals surface area contributed by atoms with Gasteiger partial charge in [-0.2, -0.15) is 4.57 Å². The molecule has 0 N–H and O–H groups in total. The minimum Gasteiger partial charge on any atom is -1.00 e. The minimum absolute atomic E-state index is 0. The van der Waals surface area contributed by atoms with Gasteiger partial charge in [-0.15, -0.1) is 4.39 Å². The van der Waals surface area contributed by atoms with Gasteiger partial charge < -0.3 is 24.0 Å². The van der Waals surface area contributed by atoms with Crippen molar-refractivity contribution in [2.24, 2.45) is 7.05 Å². The Morgan fingerprint density at radius 1 is 1.00 bits per heavy atom. The number of pyridine rings is 1. The fourth-order valence-electron chi connectivity index (χ4n) is 1.35. The van der Waals surface area contributed by atoms with Gasteiger partial charge in [0.1, 0.15) is 7.05 Å². The SMILES string of the molecule is C[n+]1ccc(-c2ccccc2)cc1F.[I-]. The van der Waals surface area contributed by atoms with E-state index in [4.69, 9.17) is 0 Å². The number of benzene rings is 1. The number of hydrogen-bond acceptors (Lipinski definition) is 0. The molecule has 0 saturated heterocycles. The van der Waals surface area contributed by atoms with Gasteiger partial charge in [-0.1, -0.05) is 30.3 Å². The van der Waals surface area contributed by atoms with Crippen molar-refractivity contribution in [3.8, 4) is 11.1 Å². The zero-order valence-electron chi connectivity index (χ0n) is 8.32. The minimum atomic E-state index is -0.230. The maximum Gasteiger partial charge on any atom is 0.359 e. The van der Waals surface area contributed by atoms with Crippen molar-refractivity contribution in [2.75, 3.05) is 0 Å². The second-order valence-electron chi connectivity index (χ2n) is 3.22. The lowest BCUT2D eigenvalue weighted by Crippen LogP contribution is -3.00. The molecule has 0 aliphatic rings. The van der Waals surface area contributed by atoms with Crippen LogP contribution in [0, 0.1) is 5.95 Å². The Balaban J connectivity index is 0.00000112. The van der Waals surface area contributed by atoms with Crippen LogP contribution in [0.15, 0.2) is 48.7 Å². The Hall–Kier alpha value is -0.970. The van der Waals surface area contributed by atoms with Gasteiger partial charge in [-0.25, -0.2) is 0 Å². The smallest absolute Gasteiger partial charge is 0.359 e. The molecule has 1 nitrogen and oxygen atoms in total. The fraction of sp³-hybridized carbons (Fsp3) is 0.0833. The van der Waals surface area contributed by atoms with Crippen molar-refractivity contribution in [2.45, 2.75) is 0 Å². The summed E-state index contributed by atoms with van der Waals surface area (Å²) in [6.07, 6.45) is 1.72. The van der Waals surface area contributed by atoms with E-state index >= 15 is 0 Å². The molecule has 0 amide bonds. The van der Waals surface area contributed by atoms with E-state index in [0.29, 0.717) is 0 Å². The van der Waals surface area contributed by atoms with E-state index < -0.39 is 0 Å². The molecular formula is C12H11FIN. The van der Waals surface area contributed by atoms with Gasteiger partial charge in [0, 0.05) is 12.1 Å². The predicted octanol–water partition coefficient (Wildman–Crippen LogP) is -0.679. The molecule has 0 spiro atoms. The van der Waals surface area contributed by atoms with Gasteiger partial charge in [-0.3, -0.25) is 0 Å². The highest BCUT2D eigenvalue weighted by Crippen LogP contribution is 2.17. The Morgan fingerprint density at radius 3 is 2.27 bits per heavy atom. The molecule has 0 fully saturated rings. The summed E-state index contributed by atoms with van der Waals surface area (Å²) < 4.78 is 14.7. The lowest BCUT2D eigenvalue weighted by Gasteiger charge is -1.99. The summed E-state index contributed by atoms with van der Waals surface area (Å²) in [4.78, 5) is 0. The molecule has 1 aromatic carbocycles. The van der Waals surface area contributed by atoms with Crippen molar-refractivity contribution in [1.82, 2.24) is 0 Å². The van der Waals surface area contributed by atoms with E-state index in [1.165, 1.54) is 10.6 Å². The van der Waals surface area contributed by atoms with E-state index in [1.807, 2.05) is 36.4 Å². The number of halogens is 2. The van der Waals surface area contributed by atoms with Crippen LogP contribution in [-0.2, 0) is 7.05 Å². The molecule has 0 bridgehead atoms. The molecule has 15 heavy (non-hydrogen) atoms. The summed E-state index contributed by atoms with van der Waals surface area (Å²) in [6.45, 7) is 0. The summed E-state index contributed by atoms with van der Waals surface area (Å²) in [5.41, 5.74) is 1.94. The molecule has 3 heteroatoms. The van der Waals surface area contributed by atoms with Crippen LogP contribution >= 0.6 is 0 Å². The molecule has 2 rings (SSSR count). The molecule has 2 aromatic rings. The van der Waals surface area contributed by atoms with Crippen LogP contribution in [0.25, 0.3) is 11.1 Å². The molecule has 1 aromatic heterocycles. The van der Waals surface area contributed by atoms with Crippen LogP contribution in [0.3, 0.4) is 0 Å². The molecule has 0 radical (unpaired) electrons. The van der Waals surface area contributed by atoms with Gasteiger partial charge >= 0.3 is 5.95 Å². The summed E-state index contributed by atoms with van der Waals surface area (Å²) in [5, 5.41) is 0. The molecule has 0 atom stereocenters. The highest BCUT2D eigenvalue weighted by molar-refractivity contribution is 5.61. The third kappa shape index (κ3) is 2.75. The van der Waals surface area contributed by atoms with Crippen LogP contribution in [0.5, 0.6) is 0 Å². The monoisotopic (exact) mass is 315 g/mol.